The first kappa shape index (κ1) is 20.4. The number of urea groups is 1. The maximum absolute atomic E-state index is 14.6. The number of carbonyl (C=O) groups is 1. The van der Waals surface area contributed by atoms with Crippen LogP contribution in [0.2, 0.25) is 0 Å². The molecule has 2 heterocycles. The van der Waals surface area contributed by atoms with Crippen LogP contribution in [0.25, 0.3) is 0 Å². The van der Waals surface area contributed by atoms with E-state index in [1.54, 1.807) is 4.68 Å². The second-order valence-corrected chi connectivity index (χ2v) is 10.3. The number of nitrogens with two attached hydrogens (primary N) is 1. The lowest BCUT2D eigenvalue weighted by atomic mass is 9.83. The summed E-state index contributed by atoms with van der Waals surface area (Å²) in [5.74, 6) is 0.147. The number of anilines is 1. The second kappa shape index (κ2) is 7.28. The van der Waals surface area contributed by atoms with Crippen molar-refractivity contribution in [1.29, 1.82) is 0 Å². The monoisotopic (exact) mass is 448 g/mol. The number of amides is 2. The third-order valence-electron chi connectivity index (χ3n) is 6.16. The van der Waals surface area contributed by atoms with Crippen molar-refractivity contribution in [3.05, 3.63) is 34.3 Å². The quantitative estimate of drug-likeness (QED) is 0.743. The highest BCUT2D eigenvalue weighted by Gasteiger charge is 2.33. The molecule has 0 saturated heterocycles. The van der Waals surface area contributed by atoms with E-state index in [2.05, 4.69) is 14.8 Å². The number of halogens is 1. The van der Waals surface area contributed by atoms with Gasteiger partial charge in [0.2, 0.25) is 5.88 Å². The molecule has 0 bridgehead atoms. The SMILES string of the molecule is CN(C)C[C@H]1COc2c(S(N)(=O)=NC(=O)Nc3c4c(c(F)c5c3CC5)CCC4)cnn21. The van der Waals surface area contributed by atoms with Gasteiger partial charge >= 0.3 is 6.03 Å². The van der Waals surface area contributed by atoms with Crippen LogP contribution < -0.4 is 15.2 Å². The molecule has 0 saturated carbocycles. The Morgan fingerprint density at radius 1 is 1.32 bits per heavy atom. The average molecular weight is 449 g/mol. The number of nitrogens with zero attached hydrogens (tertiary/aromatic N) is 4. The van der Waals surface area contributed by atoms with Crippen molar-refractivity contribution in [2.45, 2.75) is 43.0 Å². The molecule has 2 amide bonds. The van der Waals surface area contributed by atoms with Crippen molar-refractivity contribution in [3.63, 3.8) is 0 Å². The molecule has 0 fully saturated rings. The Balaban J connectivity index is 1.44. The van der Waals surface area contributed by atoms with E-state index in [1.807, 2.05) is 19.0 Å². The predicted octanol–water partition coefficient (Wildman–Crippen LogP) is 2.04. The number of likely N-dealkylation sites (N-methyl/N-ethyl adjacent to an activating group) is 1. The lowest BCUT2D eigenvalue weighted by Gasteiger charge is -2.26. The normalized spacial score (nSPS) is 20.4. The van der Waals surface area contributed by atoms with Crippen molar-refractivity contribution in [3.8, 4) is 5.88 Å². The fourth-order valence-electron chi connectivity index (χ4n) is 4.70. The number of carbonyl (C=O) groups excluding carboxylic acids is 1. The zero-order valence-electron chi connectivity index (χ0n) is 17.5. The number of ether oxygens (including phenoxy) is 1. The molecular formula is C20H25FN6O3S. The molecule has 11 heteroatoms. The number of hydrogen-bond acceptors (Lipinski definition) is 5. The molecule has 0 spiro atoms. The Kier molecular flexibility index (Phi) is 4.79. The first-order valence-corrected chi connectivity index (χ1v) is 11.9. The summed E-state index contributed by atoms with van der Waals surface area (Å²) in [6.45, 7) is 1.07. The number of aromatic nitrogens is 2. The Bertz CT molecular complexity index is 1210. The fourth-order valence-corrected chi connectivity index (χ4v) is 5.69. The zero-order chi connectivity index (χ0) is 21.9. The maximum atomic E-state index is 14.6. The third-order valence-corrected chi connectivity index (χ3v) is 7.51. The largest absolute Gasteiger partial charge is 0.475 e. The van der Waals surface area contributed by atoms with Gasteiger partial charge in [0.15, 0.2) is 9.92 Å². The van der Waals surface area contributed by atoms with Gasteiger partial charge in [-0.1, -0.05) is 0 Å². The first-order valence-electron chi connectivity index (χ1n) is 10.3. The lowest BCUT2D eigenvalue weighted by molar-refractivity contribution is 0.260. The van der Waals surface area contributed by atoms with Crippen molar-refractivity contribution in [1.82, 2.24) is 14.7 Å². The van der Waals surface area contributed by atoms with Crippen molar-refractivity contribution in [2.75, 3.05) is 32.6 Å². The van der Waals surface area contributed by atoms with Crippen molar-refractivity contribution < 1.29 is 18.1 Å². The van der Waals surface area contributed by atoms with Gasteiger partial charge in [0.05, 0.1) is 6.20 Å². The van der Waals surface area contributed by atoms with E-state index < -0.39 is 15.9 Å². The van der Waals surface area contributed by atoms with E-state index in [4.69, 9.17) is 9.88 Å². The minimum atomic E-state index is -3.57. The van der Waals surface area contributed by atoms with Crippen LogP contribution in [0.1, 0.15) is 34.7 Å². The molecule has 1 unspecified atom stereocenters. The van der Waals surface area contributed by atoms with Gasteiger partial charge in [-0.3, -0.25) is 0 Å². The van der Waals surface area contributed by atoms with Crippen LogP contribution in [0.15, 0.2) is 15.5 Å². The zero-order valence-corrected chi connectivity index (χ0v) is 18.3. The standard InChI is InChI=1S/C20H25FN6O3S/c1-26(2)9-11-10-30-19-16(8-23-27(11)19)31(22,29)25-20(28)24-18-14-5-3-4-12(14)17(21)13-6-7-15(13)18/h8,11H,3-7,9-10H2,1-2H3,(H3,22,24,25,28,29)/t11-,31?/m0/s1. The summed E-state index contributed by atoms with van der Waals surface area (Å²) in [5, 5.41) is 13.0. The van der Waals surface area contributed by atoms with Crippen LogP contribution in [-0.4, -0.2) is 52.2 Å². The van der Waals surface area contributed by atoms with Gasteiger partial charge in [-0.2, -0.15) is 5.10 Å². The fraction of sp³-hybridized carbons (Fsp3) is 0.500. The average Bonchev–Trinajstić information content (AvgIpc) is 3.35. The van der Waals surface area contributed by atoms with Crippen LogP contribution in [0.3, 0.4) is 0 Å². The maximum Gasteiger partial charge on any atom is 0.354 e. The van der Waals surface area contributed by atoms with Gasteiger partial charge in [0.25, 0.3) is 0 Å². The number of nitrogens with one attached hydrogen (secondary N) is 1. The van der Waals surface area contributed by atoms with E-state index in [1.165, 1.54) is 6.20 Å². The van der Waals surface area contributed by atoms with Crippen LogP contribution in [-0.2, 0) is 35.6 Å². The summed E-state index contributed by atoms with van der Waals surface area (Å²) in [7, 11) is 0.305. The highest BCUT2D eigenvalue weighted by molar-refractivity contribution is 7.91. The summed E-state index contributed by atoms with van der Waals surface area (Å²) in [4.78, 5) is 14.8. The van der Waals surface area contributed by atoms with Gasteiger partial charge in [0.1, 0.15) is 23.4 Å². The van der Waals surface area contributed by atoms with Crippen LogP contribution in [0.4, 0.5) is 14.9 Å². The summed E-state index contributed by atoms with van der Waals surface area (Å²) in [5.41, 5.74) is 3.59. The third kappa shape index (κ3) is 3.31. The van der Waals surface area contributed by atoms with Crippen LogP contribution in [0, 0.1) is 5.82 Å². The predicted molar refractivity (Wildman–Crippen MR) is 113 cm³/mol. The molecule has 3 aliphatic rings. The number of rotatable bonds is 4. The Morgan fingerprint density at radius 3 is 2.71 bits per heavy atom. The Morgan fingerprint density at radius 2 is 2.00 bits per heavy atom. The van der Waals surface area contributed by atoms with E-state index in [0.717, 1.165) is 17.5 Å². The van der Waals surface area contributed by atoms with E-state index in [9.17, 15) is 13.4 Å². The lowest BCUT2D eigenvalue weighted by Crippen LogP contribution is -2.24. The van der Waals surface area contributed by atoms with Crippen molar-refractivity contribution >= 4 is 21.6 Å². The molecule has 31 heavy (non-hydrogen) atoms. The molecule has 0 radical (unpaired) electrons. The number of hydrogen-bond donors (Lipinski definition) is 2. The molecule has 166 valence electrons. The molecule has 1 aliphatic heterocycles. The van der Waals surface area contributed by atoms with Crippen LogP contribution >= 0.6 is 0 Å². The molecule has 1 aromatic carbocycles. The number of benzene rings is 1. The Labute approximate surface area is 180 Å². The molecule has 9 nitrogen and oxygen atoms in total. The van der Waals surface area contributed by atoms with Gasteiger partial charge in [-0.05, 0) is 68.5 Å². The van der Waals surface area contributed by atoms with Gasteiger partial charge in [-0.15, -0.1) is 4.36 Å². The smallest absolute Gasteiger partial charge is 0.354 e. The van der Waals surface area contributed by atoms with Gasteiger partial charge < -0.3 is 15.0 Å². The highest BCUT2D eigenvalue weighted by Crippen LogP contribution is 2.42. The molecular weight excluding hydrogens is 423 g/mol. The first-order chi connectivity index (χ1) is 14.8. The molecule has 5 rings (SSSR count). The summed E-state index contributed by atoms with van der Waals surface area (Å²) in [6.07, 6.45) is 4.91. The summed E-state index contributed by atoms with van der Waals surface area (Å²) < 4.78 is 38.8. The molecule has 2 aliphatic carbocycles. The van der Waals surface area contributed by atoms with E-state index in [-0.39, 0.29) is 22.6 Å². The molecule has 1 aromatic heterocycles. The van der Waals surface area contributed by atoms with Gasteiger partial charge in [-0.25, -0.2) is 23.2 Å². The Hall–Kier alpha value is -2.50. The minimum Gasteiger partial charge on any atom is -0.475 e. The molecule has 2 atom stereocenters. The summed E-state index contributed by atoms with van der Waals surface area (Å²) >= 11 is 0. The molecule has 2 aromatic rings. The van der Waals surface area contributed by atoms with Crippen LogP contribution in [0.5, 0.6) is 5.88 Å². The molecule has 3 N–H and O–H groups in total. The summed E-state index contributed by atoms with van der Waals surface area (Å²) in [6, 6.07) is -0.853. The highest BCUT2D eigenvalue weighted by atomic mass is 32.2. The minimum absolute atomic E-state index is 0.0385. The number of fused-ring (bicyclic) bond motifs is 3. The second-order valence-electron chi connectivity index (χ2n) is 8.53. The van der Waals surface area contributed by atoms with E-state index in [0.29, 0.717) is 55.6 Å². The van der Waals surface area contributed by atoms with Gasteiger partial charge in [0, 0.05) is 12.2 Å². The van der Waals surface area contributed by atoms with E-state index >= 15 is 0 Å². The van der Waals surface area contributed by atoms with Crippen molar-refractivity contribution in [2.24, 2.45) is 9.50 Å². The topological polar surface area (TPSA) is 115 Å².